The van der Waals surface area contributed by atoms with Gasteiger partial charge < -0.3 is 14.6 Å². The number of hydrogen-bond acceptors (Lipinski definition) is 5. The Hall–Kier alpha value is -4.48. The van der Waals surface area contributed by atoms with Gasteiger partial charge in [-0.25, -0.2) is 0 Å². The zero-order chi connectivity index (χ0) is 64.7. The predicted octanol–water partition coefficient (Wildman–Crippen LogP) is 27.0. The van der Waals surface area contributed by atoms with Crippen molar-refractivity contribution in [2.24, 2.45) is 0 Å². The Labute approximate surface area is 558 Å². The molecule has 90 heavy (non-hydrogen) atoms. The van der Waals surface area contributed by atoms with Crippen LogP contribution in [0.1, 0.15) is 348 Å². The zero-order valence-corrected chi connectivity index (χ0v) is 58.9. The first-order chi connectivity index (χ1) is 44.6. The van der Waals surface area contributed by atoms with Crippen molar-refractivity contribution >= 4 is 11.9 Å². The van der Waals surface area contributed by atoms with Gasteiger partial charge in [0.05, 0.1) is 6.61 Å². The number of esters is 2. The molecule has 1 atom stereocenters. The fourth-order valence-corrected chi connectivity index (χ4v) is 10.7. The van der Waals surface area contributed by atoms with Gasteiger partial charge in [-0.05, 0) is 122 Å². The van der Waals surface area contributed by atoms with Crippen molar-refractivity contribution in [1.82, 2.24) is 0 Å². The van der Waals surface area contributed by atoms with Gasteiger partial charge in [0.1, 0.15) is 6.61 Å². The number of carbonyl (C=O) groups excluding carboxylic acids is 2. The van der Waals surface area contributed by atoms with E-state index in [1.165, 1.54) is 199 Å². The molecule has 5 nitrogen and oxygen atoms in total. The molecule has 0 spiro atoms. The molecule has 0 saturated carbocycles. The highest BCUT2D eigenvalue weighted by Crippen LogP contribution is 2.18. The van der Waals surface area contributed by atoms with Crippen molar-refractivity contribution in [3.05, 3.63) is 158 Å². The Balaban J connectivity index is 3.47. The van der Waals surface area contributed by atoms with Crippen LogP contribution in [0.25, 0.3) is 0 Å². The van der Waals surface area contributed by atoms with Gasteiger partial charge in [-0.15, -0.1) is 0 Å². The molecule has 512 valence electrons. The van der Waals surface area contributed by atoms with Crippen LogP contribution >= 0.6 is 0 Å². The Bertz CT molecular complexity index is 1900. The SMILES string of the molecule is CC/C=C\C/C=C\C/C=C\C/C=C\C/C=C\C/C=C\C/C=C\C/C=C\CCCCCCCCCCCCCCC(=O)OC(CO)COC(=O)CCCCCCCCCCCCCCCCCCCCCCCCC/C=C\C/C=C\C/C=C\C/C=C\C/C=C\CC. The van der Waals surface area contributed by atoms with E-state index in [9.17, 15) is 14.7 Å². The first-order valence-corrected chi connectivity index (χ1v) is 38.0. The quantitative estimate of drug-likeness (QED) is 0.0373. The topological polar surface area (TPSA) is 72.8 Å². The molecule has 1 N–H and O–H groups in total. The van der Waals surface area contributed by atoms with Crippen LogP contribution in [0.3, 0.4) is 0 Å². The third kappa shape index (κ3) is 76.0. The lowest BCUT2D eigenvalue weighted by atomic mass is 10.0. The van der Waals surface area contributed by atoms with Gasteiger partial charge >= 0.3 is 11.9 Å². The zero-order valence-electron chi connectivity index (χ0n) is 58.9. The Morgan fingerprint density at radius 2 is 0.444 bits per heavy atom. The largest absolute Gasteiger partial charge is 0.462 e. The van der Waals surface area contributed by atoms with E-state index in [0.717, 1.165) is 122 Å². The highest BCUT2D eigenvalue weighted by molar-refractivity contribution is 5.70. The lowest BCUT2D eigenvalue weighted by Gasteiger charge is -2.15. The lowest BCUT2D eigenvalue weighted by Crippen LogP contribution is -2.28. The van der Waals surface area contributed by atoms with Gasteiger partial charge in [0, 0.05) is 12.8 Å². The lowest BCUT2D eigenvalue weighted by molar-refractivity contribution is -0.161. The molecule has 0 aliphatic carbocycles. The normalized spacial score (nSPS) is 13.1. The molecule has 0 aliphatic heterocycles. The van der Waals surface area contributed by atoms with Crippen LogP contribution in [0.5, 0.6) is 0 Å². The number of allylic oxidation sites excluding steroid dienone is 26. The number of rotatable bonds is 69. The molecule has 0 amide bonds. The van der Waals surface area contributed by atoms with Crippen LogP contribution in [0, 0.1) is 0 Å². The molecule has 0 bridgehead atoms. The van der Waals surface area contributed by atoms with Gasteiger partial charge in [-0.1, -0.05) is 371 Å². The number of ether oxygens (including phenoxy) is 2. The van der Waals surface area contributed by atoms with Crippen molar-refractivity contribution in [1.29, 1.82) is 0 Å². The summed E-state index contributed by atoms with van der Waals surface area (Å²) in [5.74, 6) is -0.585. The monoisotopic (exact) mass is 1240 g/mol. The fraction of sp³-hybridized carbons (Fsp3) is 0.671. The third-order valence-electron chi connectivity index (χ3n) is 16.3. The maximum absolute atomic E-state index is 12.4. The van der Waals surface area contributed by atoms with E-state index in [0.29, 0.717) is 12.8 Å². The Morgan fingerprint density at radius 1 is 0.256 bits per heavy atom. The second-order valence-corrected chi connectivity index (χ2v) is 25.0. The third-order valence-corrected chi connectivity index (χ3v) is 16.3. The summed E-state index contributed by atoms with van der Waals surface area (Å²) in [6, 6.07) is 0. The summed E-state index contributed by atoms with van der Waals surface area (Å²) >= 11 is 0. The summed E-state index contributed by atoms with van der Waals surface area (Å²) in [7, 11) is 0. The Kier molecular flexibility index (Phi) is 74.8. The molecule has 0 fully saturated rings. The van der Waals surface area contributed by atoms with E-state index in [-0.39, 0.29) is 25.2 Å². The highest BCUT2D eigenvalue weighted by Gasteiger charge is 2.16. The van der Waals surface area contributed by atoms with E-state index in [1.54, 1.807) is 0 Å². The van der Waals surface area contributed by atoms with Gasteiger partial charge in [0.15, 0.2) is 6.10 Å². The number of aliphatic hydroxyl groups is 1. The molecule has 0 aliphatic rings. The number of hydrogen-bond donors (Lipinski definition) is 1. The van der Waals surface area contributed by atoms with E-state index in [4.69, 9.17) is 9.47 Å². The first-order valence-electron chi connectivity index (χ1n) is 38.0. The molecule has 5 heteroatoms. The van der Waals surface area contributed by atoms with E-state index < -0.39 is 6.10 Å². The van der Waals surface area contributed by atoms with E-state index >= 15 is 0 Å². The minimum absolute atomic E-state index is 0.0697. The molecule has 0 aromatic carbocycles. The summed E-state index contributed by atoms with van der Waals surface area (Å²) in [5.41, 5.74) is 0. The maximum Gasteiger partial charge on any atom is 0.306 e. The van der Waals surface area contributed by atoms with Gasteiger partial charge in [-0.3, -0.25) is 9.59 Å². The maximum atomic E-state index is 12.4. The summed E-state index contributed by atoms with van der Waals surface area (Å²) in [5, 5.41) is 9.72. The molecular weight excluding hydrogens is 1100 g/mol. The van der Waals surface area contributed by atoms with Crippen LogP contribution in [-0.2, 0) is 19.1 Å². The molecule has 0 aromatic heterocycles. The molecule has 0 aromatic rings. The number of carbonyl (C=O) groups is 2. The Morgan fingerprint density at radius 3 is 0.667 bits per heavy atom. The average molecular weight is 1240 g/mol. The van der Waals surface area contributed by atoms with Gasteiger partial charge in [0.2, 0.25) is 0 Å². The van der Waals surface area contributed by atoms with Gasteiger partial charge in [-0.2, -0.15) is 0 Å². The molecule has 1 unspecified atom stereocenters. The molecular formula is C85H142O5. The predicted molar refractivity (Wildman–Crippen MR) is 398 cm³/mol. The average Bonchev–Trinajstić information content (AvgIpc) is 3.62. The standard InChI is InChI=1S/C85H142O5/c1-3-5-7-9-11-13-15-17-19-21-23-25-27-29-31-33-35-37-39-41-42-44-45-47-49-51-53-55-57-59-61-63-65-67-69-71-73-75-77-79-84(87)89-82-83(81-86)90-85(88)80-78-76-74-72-70-68-66-64-62-60-58-56-54-52-50-48-46-43-40-38-36-34-32-30-28-26-24-22-20-18-16-14-12-10-8-6-4-2/h5-8,11-14,17-20,23-26,29-32,36,38,43,46,50,52,83,86H,3-4,9-10,15-16,21-22,27-28,33-35,37,39-42,44-45,47-49,51,53-82H2,1-2H3/b7-5-,8-6-,13-11-,14-12-,19-17-,20-18-,25-23-,26-24-,31-29-,32-30-,38-36-,46-43-,52-50-. The van der Waals surface area contributed by atoms with Crippen molar-refractivity contribution in [3.63, 3.8) is 0 Å². The second-order valence-electron chi connectivity index (χ2n) is 25.0. The molecule has 0 saturated heterocycles. The van der Waals surface area contributed by atoms with Crippen molar-refractivity contribution in [2.75, 3.05) is 13.2 Å². The minimum Gasteiger partial charge on any atom is -0.462 e. The highest BCUT2D eigenvalue weighted by atomic mass is 16.6. The summed E-state index contributed by atoms with van der Waals surface area (Å²) in [6.07, 6.45) is 120. The van der Waals surface area contributed by atoms with Crippen molar-refractivity contribution in [3.8, 4) is 0 Å². The van der Waals surface area contributed by atoms with Crippen LogP contribution in [0.2, 0.25) is 0 Å². The number of aliphatic hydroxyl groups excluding tert-OH is 1. The molecule has 0 rings (SSSR count). The number of unbranched alkanes of at least 4 members (excludes halogenated alkanes) is 35. The fourth-order valence-electron chi connectivity index (χ4n) is 10.7. The second kappa shape index (κ2) is 78.8. The minimum atomic E-state index is -0.782. The summed E-state index contributed by atoms with van der Waals surface area (Å²) < 4.78 is 10.8. The van der Waals surface area contributed by atoms with Crippen LogP contribution in [0.4, 0.5) is 0 Å². The van der Waals surface area contributed by atoms with E-state index in [2.05, 4.69) is 172 Å². The van der Waals surface area contributed by atoms with Crippen LogP contribution in [-0.4, -0.2) is 36.4 Å². The molecule has 0 heterocycles. The van der Waals surface area contributed by atoms with Crippen molar-refractivity contribution in [2.45, 2.75) is 354 Å². The van der Waals surface area contributed by atoms with E-state index in [1.807, 2.05) is 0 Å². The summed E-state index contributed by atoms with van der Waals surface area (Å²) in [6.45, 7) is 3.94. The van der Waals surface area contributed by atoms with Gasteiger partial charge in [0.25, 0.3) is 0 Å². The smallest absolute Gasteiger partial charge is 0.306 e. The summed E-state index contributed by atoms with van der Waals surface area (Å²) in [4.78, 5) is 24.7. The molecule has 0 radical (unpaired) electrons. The first kappa shape index (κ1) is 85.5. The van der Waals surface area contributed by atoms with Crippen LogP contribution < -0.4 is 0 Å². The van der Waals surface area contributed by atoms with Crippen LogP contribution in [0.15, 0.2) is 158 Å². The van der Waals surface area contributed by atoms with Crippen molar-refractivity contribution < 1.29 is 24.2 Å².